The van der Waals surface area contributed by atoms with Crippen molar-refractivity contribution in [1.29, 1.82) is 0 Å². The van der Waals surface area contributed by atoms with Gasteiger partial charge in [0.1, 0.15) is 45.8 Å². The van der Waals surface area contributed by atoms with Crippen LogP contribution in [0, 0.1) is 0 Å². The Morgan fingerprint density at radius 1 is 0.468 bits per heavy atom. The van der Waals surface area contributed by atoms with Gasteiger partial charge in [0.15, 0.2) is 0 Å². The largest absolute Gasteiger partial charge is 0.476 e. The molecular formula is C52H88N10O15. The number of nitrogens with zero attached hydrogens (tertiary/aromatic N) is 6. The molecule has 1 aromatic rings. The van der Waals surface area contributed by atoms with E-state index in [1.165, 1.54) is 18.3 Å². The molecule has 77 heavy (non-hydrogen) atoms. The standard InChI is InChI=1S/C52H88N10O15/c1-46(2,3)71-39(63)56-36(57-40(64)72-47(4,5)6)53-29-25-23-22-24-26-30-61(44(68)76-51(16,17)18)38(60-43(67)75-50(13,14)15)62(45(69)77-52(19,20)21)31-32-70-35-28-27-34(33-54-35)55-37(58-41(65)73-48(7,8)9)59-42(66)74-49(10,11)12/h27-28,33H,22-26,29-32H2,1-21H3,(H2,53,56,57,63,64)(H2,55,58,59,65,66). The topological polar surface area (TPSA) is 298 Å². The van der Waals surface area contributed by atoms with Gasteiger partial charge in [-0.3, -0.25) is 26.3 Å². The molecule has 0 aromatic carbocycles. The van der Waals surface area contributed by atoms with Crippen molar-refractivity contribution >= 4 is 66.2 Å². The predicted molar refractivity (Wildman–Crippen MR) is 289 cm³/mol. The van der Waals surface area contributed by atoms with Gasteiger partial charge in [-0.05, 0) is 164 Å². The summed E-state index contributed by atoms with van der Waals surface area (Å²) in [6.45, 7) is 34.5. The highest BCUT2D eigenvalue weighted by Crippen LogP contribution is 2.20. The number of carbonyl (C=O) groups excluding carboxylic acids is 7. The smallest absolute Gasteiger partial charge is 0.437 e. The Kier molecular flexibility index (Phi) is 25.6. The third-order valence-corrected chi connectivity index (χ3v) is 8.11. The molecule has 1 aromatic heterocycles. The molecule has 0 fully saturated rings. The molecule has 0 atom stereocenters. The second-order valence-corrected chi connectivity index (χ2v) is 24.3. The third kappa shape index (κ3) is 34.4. The second kappa shape index (κ2) is 29.0. The average Bonchev–Trinajstić information content (AvgIpc) is 3.16. The fourth-order valence-electron chi connectivity index (χ4n) is 5.61. The maximum absolute atomic E-state index is 14.2. The number of carbonyl (C=O) groups is 7. The lowest BCUT2D eigenvalue weighted by atomic mass is 10.1. The van der Waals surface area contributed by atoms with Crippen LogP contribution in [0.25, 0.3) is 0 Å². The first kappa shape index (κ1) is 68.1. The summed E-state index contributed by atoms with van der Waals surface area (Å²) >= 11 is 0. The highest BCUT2D eigenvalue weighted by Gasteiger charge is 2.36. The van der Waals surface area contributed by atoms with Crippen molar-refractivity contribution in [2.45, 2.75) is 217 Å². The van der Waals surface area contributed by atoms with Crippen molar-refractivity contribution in [1.82, 2.24) is 36.1 Å². The van der Waals surface area contributed by atoms with Gasteiger partial charge in [0, 0.05) is 19.2 Å². The van der Waals surface area contributed by atoms with Crippen LogP contribution in [0.1, 0.15) is 178 Å². The van der Waals surface area contributed by atoms with E-state index in [0.29, 0.717) is 32.1 Å². The normalized spacial score (nSPS) is 12.4. The zero-order valence-electron chi connectivity index (χ0n) is 49.4. The number of aromatic nitrogens is 1. The SMILES string of the molecule is CC(C)(C)OC(=O)N=C(N(CCCCCCCN=C(NC(=O)OC(C)(C)C)NC(=O)OC(C)(C)C)C(=O)OC(C)(C)C)N(CCOc1ccc(N=C(NC(=O)OC(C)(C)C)NC(=O)OC(C)(C)C)cn1)C(=O)OC(C)(C)C. The molecular weight excluding hydrogens is 1000 g/mol. The Morgan fingerprint density at radius 2 is 0.844 bits per heavy atom. The summed E-state index contributed by atoms with van der Waals surface area (Å²) in [5, 5.41) is 9.71. The Bertz CT molecular complexity index is 2170. The fraction of sp³-hybridized carbons (Fsp3) is 0.712. The van der Waals surface area contributed by atoms with Gasteiger partial charge in [0.2, 0.25) is 23.8 Å². The molecule has 436 valence electrons. The van der Waals surface area contributed by atoms with Gasteiger partial charge < -0.3 is 37.9 Å². The van der Waals surface area contributed by atoms with Crippen molar-refractivity contribution in [2.75, 3.05) is 26.2 Å². The minimum absolute atomic E-state index is 0.0463. The van der Waals surface area contributed by atoms with E-state index >= 15 is 0 Å². The Balaban J connectivity index is 3.56. The number of hydrogen-bond acceptors (Lipinski definition) is 18. The molecule has 0 radical (unpaired) electrons. The summed E-state index contributed by atoms with van der Waals surface area (Å²) in [4.78, 5) is 111. The van der Waals surface area contributed by atoms with E-state index in [0.717, 1.165) is 9.80 Å². The van der Waals surface area contributed by atoms with E-state index in [4.69, 9.17) is 37.9 Å². The van der Waals surface area contributed by atoms with Crippen molar-refractivity contribution in [2.24, 2.45) is 15.0 Å². The highest BCUT2D eigenvalue weighted by molar-refractivity contribution is 6.05. The number of hydrogen-bond donors (Lipinski definition) is 4. The quantitative estimate of drug-likeness (QED) is 0.0618. The number of amides is 7. The number of ether oxygens (including phenoxy) is 8. The number of unbranched alkanes of at least 4 members (excludes halogenated alkanes) is 4. The molecule has 0 bridgehead atoms. The van der Waals surface area contributed by atoms with Gasteiger partial charge in [0.05, 0.1) is 18.4 Å². The van der Waals surface area contributed by atoms with Gasteiger partial charge >= 0.3 is 42.7 Å². The Labute approximate surface area is 454 Å². The molecule has 4 N–H and O–H groups in total. The molecule has 0 saturated carbocycles. The van der Waals surface area contributed by atoms with E-state index in [9.17, 15) is 33.6 Å². The number of alkyl carbamates (subject to hydrolysis) is 4. The van der Waals surface area contributed by atoms with Crippen LogP contribution in [0.2, 0.25) is 0 Å². The van der Waals surface area contributed by atoms with Crippen LogP contribution in [-0.4, -0.2) is 141 Å². The lowest BCUT2D eigenvalue weighted by Crippen LogP contribution is -2.53. The summed E-state index contributed by atoms with van der Waals surface area (Å²) in [5.74, 6) is -0.870. The first-order valence-electron chi connectivity index (χ1n) is 25.4. The van der Waals surface area contributed by atoms with E-state index in [1.807, 2.05) is 0 Å². The molecule has 1 heterocycles. The summed E-state index contributed by atoms with van der Waals surface area (Å²) in [6, 6.07) is 2.91. The lowest BCUT2D eigenvalue weighted by molar-refractivity contribution is 0.0257. The van der Waals surface area contributed by atoms with E-state index in [-0.39, 0.29) is 49.7 Å². The van der Waals surface area contributed by atoms with Gasteiger partial charge in [-0.1, -0.05) is 19.3 Å². The van der Waals surface area contributed by atoms with Crippen LogP contribution in [0.15, 0.2) is 33.3 Å². The van der Waals surface area contributed by atoms with Gasteiger partial charge in [0.25, 0.3) is 0 Å². The number of rotatable bonds is 13. The fourth-order valence-corrected chi connectivity index (χ4v) is 5.61. The molecule has 25 nitrogen and oxygen atoms in total. The van der Waals surface area contributed by atoms with Gasteiger partial charge in [-0.15, -0.1) is 4.99 Å². The van der Waals surface area contributed by atoms with E-state index in [2.05, 4.69) is 41.2 Å². The second-order valence-electron chi connectivity index (χ2n) is 24.3. The van der Waals surface area contributed by atoms with Crippen LogP contribution in [0.4, 0.5) is 39.2 Å². The van der Waals surface area contributed by atoms with E-state index < -0.39 is 87.8 Å². The molecule has 25 heteroatoms. The molecule has 7 amide bonds. The summed E-state index contributed by atoms with van der Waals surface area (Å²) in [6.07, 6.45) is -2.49. The number of pyridine rings is 1. The first-order valence-corrected chi connectivity index (χ1v) is 25.4. The number of guanidine groups is 3. The van der Waals surface area contributed by atoms with Crippen molar-refractivity contribution < 1.29 is 71.5 Å². The van der Waals surface area contributed by atoms with Crippen molar-refractivity contribution in [3.05, 3.63) is 18.3 Å². The maximum atomic E-state index is 14.2. The molecule has 0 aliphatic heterocycles. The van der Waals surface area contributed by atoms with Crippen LogP contribution in [0.3, 0.4) is 0 Å². The molecule has 0 saturated heterocycles. The van der Waals surface area contributed by atoms with Crippen LogP contribution in [-0.2, 0) is 33.2 Å². The molecule has 0 spiro atoms. The molecule has 0 aliphatic carbocycles. The predicted octanol–water partition coefficient (Wildman–Crippen LogP) is 10.6. The Morgan fingerprint density at radius 3 is 1.23 bits per heavy atom. The minimum atomic E-state index is -1.11. The molecule has 0 aliphatic rings. The monoisotopic (exact) mass is 1090 g/mol. The minimum Gasteiger partial charge on any atom is -0.476 e. The molecule has 1 rings (SSSR count). The lowest BCUT2D eigenvalue weighted by Gasteiger charge is -2.34. The van der Waals surface area contributed by atoms with Gasteiger partial charge in [-0.25, -0.2) is 53.3 Å². The van der Waals surface area contributed by atoms with Crippen LogP contribution >= 0.6 is 0 Å². The number of aliphatic imine (C=N–C) groups is 3. The van der Waals surface area contributed by atoms with Crippen LogP contribution < -0.4 is 26.0 Å². The number of nitrogens with one attached hydrogen (secondary N) is 4. The summed E-state index contributed by atoms with van der Waals surface area (Å²) in [7, 11) is 0. The molecule has 0 unspecified atom stereocenters. The zero-order chi connectivity index (χ0) is 59.4. The van der Waals surface area contributed by atoms with Gasteiger partial charge in [-0.2, -0.15) is 0 Å². The first-order chi connectivity index (χ1) is 34.9. The van der Waals surface area contributed by atoms with Crippen LogP contribution in [0.5, 0.6) is 5.88 Å². The van der Waals surface area contributed by atoms with E-state index in [1.54, 1.807) is 145 Å². The summed E-state index contributed by atoms with van der Waals surface area (Å²) in [5.41, 5.74) is -6.27. The maximum Gasteiger partial charge on any atom is 0.437 e. The van der Waals surface area contributed by atoms with Crippen molar-refractivity contribution in [3.63, 3.8) is 0 Å². The Hall–Kier alpha value is -6.95. The summed E-state index contributed by atoms with van der Waals surface area (Å²) < 4.78 is 44.4. The zero-order valence-corrected chi connectivity index (χ0v) is 49.4. The highest BCUT2D eigenvalue weighted by atomic mass is 16.6. The van der Waals surface area contributed by atoms with Crippen molar-refractivity contribution in [3.8, 4) is 5.88 Å². The average molecular weight is 1090 g/mol. The third-order valence-electron chi connectivity index (χ3n) is 8.11.